The summed E-state index contributed by atoms with van der Waals surface area (Å²) in [4.78, 5) is 33.7. The zero-order valence-electron chi connectivity index (χ0n) is 22.4. The standard InChI is InChI=1S/C28H26BrF5N4O2S/c1-5-15-12-41-25-23(16-8-19(29)21(31)9-20(16)30)18(28(32,33)34)7-17-24(25)38(15)27(40)35-26(17)36-10-13(3)37(14(4)11-36)22(39)6-2/h6-9,13-15H,2,5,10-12H2,1,3-4H3/t13-,14+,15-/m0/s1. The number of alkyl halides is 3. The van der Waals surface area contributed by atoms with Gasteiger partial charge in [-0.05, 0) is 54.4 Å². The van der Waals surface area contributed by atoms with E-state index in [2.05, 4.69) is 27.5 Å². The monoisotopic (exact) mass is 656 g/mol. The summed E-state index contributed by atoms with van der Waals surface area (Å²) in [7, 11) is 0. The second-order valence-corrected chi connectivity index (χ2v) is 12.2. The highest BCUT2D eigenvalue weighted by Crippen LogP contribution is 2.51. The zero-order chi connectivity index (χ0) is 30.0. The van der Waals surface area contributed by atoms with Crippen molar-refractivity contribution >= 4 is 50.3 Å². The molecule has 3 heterocycles. The third kappa shape index (κ3) is 4.94. The van der Waals surface area contributed by atoms with Gasteiger partial charge < -0.3 is 9.80 Å². The lowest BCUT2D eigenvalue weighted by Gasteiger charge is -2.45. The number of rotatable bonds is 4. The molecule has 218 valence electrons. The van der Waals surface area contributed by atoms with Crippen LogP contribution in [0.5, 0.6) is 0 Å². The first-order chi connectivity index (χ1) is 19.3. The first-order valence-electron chi connectivity index (χ1n) is 13.0. The van der Waals surface area contributed by atoms with E-state index >= 15 is 4.39 Å². The molecule has 0 spiro atoms. The van der Waals surface area contributed by atoms with E-state index in [1.165, 1.54) is 10.6 Å². The van der Waals surface area contributed by atoms with Crippen LogP contribution >= 0.6 is 27.7 Å². The largest absolute Gasteiger partial charge is 0.417 e. The summed E-state index contributed by atoms with van der Waals surface area (Å²) in [5.74, 6) is -2.03. The number of aromatic nitrogens is 2. The van der Waals surface area contributed by atoms with Gasteiger partial charge in [0.1, 0.15) is 17.5 Å². The predicted octanol–water partition coefficient (Wildman–Crippen LogP) is 6.79. The number of hydrogen-bond acceptors (Lipinski definition) is 5. The average Bonchev–Trinajstić information content (AvgIpc) is 2.90. The van der Waals surface area contributed by atoms with Crippen LogP contribution in [-0.4, -0.2) is 51.3 Å². The Morgan fingerprint density at radius 1 is 1.17 bits per heavy atom. The summed E-state index contributed by atoms with van der Waals surface area (Å²) in [5.41, 5.74) is -2.39. The Morgan fingerprint density at radius 2 is 1.83 bits per heavy atom. The highest BCUT2D eigenvalue weighted by molar-refractivity contribution is 9.10. The number of carbonyl (C=O) groups excluding carboxylic acids is 1. The smallest absolute Gasteiger partial charge is 0.352 e. The van der Waals surface area contributed by atoms with Crippen LogP contribution in [0.25, 0.3) is 22.0 Å². The molecule has 0 radical (unpaired) electrons. The molecule has 0 saturated carbocycles. The third-order valence-corrected chi connectivity index (χ3v) is 9.48. The molecule has 1 fully saturated rings. The normalized spacial score (nSPS) is 21.0. The Balaban J connectivity index is 1.85. The molecule has 1 aromatic heterocycles. The Kier molecular flexibility index (Phi) is 7.73. The fourth-order valence-electron chi connectivity index (χ4n) is 5.87. The molecule has 0 bridgehead atoms. The molecule has 2 aliphatic heterocycles. The maximum absolute atomic E-state index is 15.2. The Morgan fingerprint density at radius 3 is 2.41 bits per heavy atom. The summed E-state index contributed by atoms with van der Waals surface area (Å²) in [6, 6.07) is 1.41. The number of benzene rings is 2. The number of amides is 1. The lowest BCUT2D eigenvalue weighted by molar-refractivity contribution is -0.137. The van der Waals surface area contributed by atoms with Gasteiger partial charge >= 0.3 is 11.9 Å². The van der Waals surface area contributed by atoms with Gasteiger partial charge in [-0.25, -0.2) is 13.6 Å². The molecule has 13 heteroatoms. The Bertz CT molecular complexity index is 1630. The van der Waals surface area contributed by atoms with Gasteiger partial charge in [0.15, 0.2) is 0 Å². The summed E-state index contributed by atoms with van der Waals surface area (Å²) in [5, 5.41) is 0.103. The van der Waals surface area contributed by atoms with E-state index in [1.54, 1.807) is 23.6 Å². The zero-order valence-corrected chi connectivity index (χ0v) is 24.8. The minimum atomic E-state index is -4.91. The van der Waals surface area contributed by atoms with Crippen molar-refractivity contribution in [3.8, 4) is 11.1 Å². The Hall–Kier alpha value is -2.93. The molecule has 3 aromatic rings. The van der Waals surface area contributed by atoms with Crippen molar-refractivity contribution < 1.29 is 26.7 Å². The van der Waals surface area contributed by atoms with Gasteiger partial charge in [0.2, 0.25) is 5.91 Å². The molecule has 0 aliphatic carbocycles. The van der Waals surface area contributed by atoms with Gasteiger partial charge in [-0.3, -0.25) is 9.36 Å². The van der Waals surface area contributed by atoms with Crippen LogP contribution < -0.4 is 10.6 Å². The maximum Gasteiger partial charge on any atom is 0.417 e. The topological polar surface area (TPSA) is 58.4 Å². The summed E-state index contributed by atoms with van der Waals surface area (Å²) >= 11 is 4.08. The van der Waals surface area contributed by atoms with Gasteiger partial charge in [-0.2, -0.15) is 18.2 Å². The van der Waals surface area contributed by atoms with E-state index < -0.39 is 40.2 Å². The fraction of sp³-hybridized carbons (Fsp3) is 0.393. The molecule has 2 aromatic carbocycles. The van der Waals surface area contributed by atoms with E-state index in [1.807, 2.05) is 6.92 Å². The number of carbonyl (C=O) groups is 1. The summed E-state index contributed by atoms with van der Waals surface area (Å²) < 4.78 is 74.7. The molecule has 3 atom stereocenters. The third-order valence-electron chi connectivity index (χ3n) is 7.63. The van der Waals surface area contributed by atoms with Crippen LogP contribution in [0, 0.1) is 11.6 Å². The quantitative estimate of drug-likeness (QED) is 0.176. The minimum Gasteiger partial charge on any atom is -0.352 e. The van der Waals surface area contributed by atoms with Crippen molar-refractivity contribution in [3.63, 3.8) is 0 Å². The molecule has 1 saturated heterocycles. The summed E-state index contributed by atoms with van der Waals surface area (Å²) in [6.07, 6.45) is -3.18. The average molecular weight is 658 g/mol. The van der Waals surface area contributed by atoms with Crippen LogP contribution in [0.3, 0.4) is 0 Å². The van der Waals surface area contributed by atoms with Crippen LogP contribution in [0.15, 0.2) is 45.0 Å². The van der Waals surface area contributed by atoms with Crippen molar-refractivity contribution in [2.45, 2.75) is 56.4 Å². The van der Waals surface area contributed by atoms with Crippen molar-refractivity contribution in [1.29, 1.82) is 0 Å². The molecular formula is C28H26BrF5N4O2S. The highest BCUT2D eigenvalue weighted by Gasteiger charge is 2.41. The molecule has 1 amide bonds. The van der Waals surface area contributed by atoms with Gasteiger partial charge in [0.05, 0.1) is 15.6 Å². The van der Waals surface area contributed by atoms with Gasteiger partial charge in [-0.1, -0.05) is 13.5 Å². The highest BCUT2D eigenvalue weighted by atomic mass is 79.9. The molecule has 6 nitrogen and oxygen atoms in total. The number of hydrogen-bond donors (Lipinski definition) is 0. The van der Waals surface area contributed by atoms with E-state index in [0.29, 0.717) is 12.5 Å². The van der Waals surface area contributed by atoms with E-state index in [-0.39, 0.29) is 69.0 Å². The lowest BCUT2D eigenvalue weighted by atomic mass is 9.95. The van der Waals surface area contributed by atoms with Crippen LogP contribution in [0.2, 0.25) is 0 Å². The van der Waals surface area contributed by atoms with E-state index in [4.69, 9.17) is 0 Å². The molecule has 2 aliphatic rings. The SMILES string of the molecule is C=CC(=O)N1[C@H](C)CN(c2nc(=O)n3c4c(c(-c5cc(Br)c(F)cc5F)c(C(F)(F)F)cc24)SC[C@@H]3CC)C[C@@H]1C. The van der Waals surface area contributed by atoms with Crippen molar-refractivity contribution in [2.75, 3.05) is 23.7 Å². The van der Waals surface area contributed by atoms with Crippen molar-refractivity contribution in [2.24, 2.45) is 0 Å². The van der Waals surface area contributed by atoms with Gasteiger partial charge in [-0.15, -0.1) is 11.8 Å². The Labute approximate surface area is 245 Å². The van der Waals surface area contributed by atoms with Crippen molar-refractivity contribution in [1.82, 2.24) is 14.5 Å². The van der Waals surface area contributed by atoms with E-state index in [9.17, 15) is 27.2 Å². The predicted molar refractivity (Wildman–Crippen MR) is 152 cm³/mol. The lowest BCUT2D eigenvalue weighted by Crippen LogP contribution is -2.58. The van der Waals surface area contributed by atoms with Crippen LogP contribution in [0.1, 0.15) is 38.8 Å². The van der Waals surface area contributed by atoms with Crippen LogP contribution in [-0.2, 0) is 11.0 Å². The molecule has 5 rings (SSSR count). The second kappa shape index (κ2) is 10.7. The second-order valence-electron chi connectivity index (χ2n) is 10.3. The van der Waals surface area contributed by atoms with Crippen LogP contribution in [0.4, 0.5) is 27.8 Å². The number of halogens is 6. The maximum atomic E-state index is 15.2. The fourth-order valence-corrected chi connectivity index (χ4v) is 7.67. The van der Waals surface area contributed by atoms with Gasteiger partial charge in [0.25, 0.3) is 0 Å². The van der Waals surface area contributed by atoms with Crippen molar-refractivity contribution in [3.05, 3.63) is 63.0 Å². The number of nitrogens with zero attached hydrogens (tertiary/aromatic N) is 4. The molecule has 0 N–H and O–H groups in total. The number of anilines is 1. The first kappa shape index (κ1) is 29.6. The number of thioether (sulfide) groups is 1. The molecule has 41 heavy (non-hydrogen) atoms. The molecule has 0 unspecified atom stereocenters. The number of piperazine rings is 1. The molecular weight excluding hydrogens is 631 g/mol. The minimum absolute atomic E-state index is 0.0714. The van der Waals surface area contributed by atoms with E-state index in [0.717, 1.165) is 23.9 Å². The first-order valence-corrected chi connectivity index (χ1v) is 14.7. The summed E-state index contributed by atoms with van der Waals surface area (Å²) in [6.45, 7) is 9.46. The van der Waals surface area contributed by atoms with Gasteiger partial charge in [0, 0.05) is 64.4 Å².